The summed E-state index contributed by atoms with van der Waals surface area (Å²) in [5.74, 6) is -1.04. The fraction of sp³-hybridized carbons (Fsp3) is 0.125. The van der Waals surface area contributed by atoms with Crippen LogP contribution in [-0.4, -0.2) is 30.2 Å². The molecule has 12 nitrogen and oxygen atoms in total. The minimum Gasteiger partial charge on any atom is -0.497 e. The van der Waals surface area contributed by atoms with E-state index in [-0.39, 0.29) is 51.6 Å². The van der Waals surface area contributed by atoms with Crippen LogP contribution in [0, 0.1) is 22.7 Å². The molecule has 0 fully saturated rings. The van der Waals surface area contributed by atoms with Gasteiger partial charge in [0, 0.05) is 11.1 Å². The summed E-state index contributed by atoms with van der Waals surface area (Å²) in [6.45, 7) is 5.34. The molecule has 0 aliphatic carbocycles. The molecule has 0 unspecified atom stereocenters. The SMILES string of the molecule is C=CCc1cccc2c(=O)c(-c3c(C#N)c4n(c(=O)c3C#N)NC(c3ccc(OC)cc3)=C(C(=O)OCC)C(N)=N4)coc12. The first kappa shape index (κ1) is 29.1. The van der Waals surface area contributed by atoms with E-state index in [1.807, 2.05) is 12.1 Å². The van der Waals surface area contributed by atoms with E-state index in [0.717, 1.165) is 10.9 Å². The summed E-state index contributed by atoms with van der Waals surface area (Å²) in [4.78, 5) is 45.1. The molecule has 4 aromatic rings. The molecule has 0 amide bonds. The second kappa shape index (κ2) is 11.8. The first-order chi connectivity index (χ1) is 21.3. The highest BCUT2D eigenvalue weighted by atomic mass is 16.5. The second-order valence-corrected chi connectivity index (χ2v) is 9.39. The predicted octanol–water partition coefficient (Wildman–Crippen LogP) is 3.62. The van der Waals surface area contributed by atoms with Gasteiger partial charge in [0.25, 0.3) is 5.56 Å². The number of pyridine rings is 1. The number of hydrogen-bond acceptors (Lipinski definition) is 11. The molecule has 3 heterocycles. The van der Waals surface area contributed by atoms with Crippen LogP contribution in [-0.2, 0) is 16.0 Å². The summed E-state index contributed by atoms with van der Waals surface area (Å²) in [5, 5.41) is 20.7. The number of methoxy groups -OCH3 is 1. The van der Waals surface area contributed by atoms with Gasteiger partial charge in [-0.25, -0.2) is 9.79 Å². The van der Waals surface area contributed by atoms with E-state index in [0.29, 0.717) is 28.9 Å². The van der Waals surface area contributed by atoms with Gasteiger partial charge in [-0.2, -0.15) is 15.2 Å². The number of aliphatic imine (C=N–C) groups is 1. The van der Waals surface area contributed by atoms with Gasteiger partial charge in [0.1, 0.15) is 52.3 Å². The number of nitrogens with one attached hydrogen (secondary N) is 1. The van der Waals surface area contributed by atoms with Crippen molar-refractivity contribution in [2.24, 2.45) is 10.7 Å². The van der Waals surface area contributed by atoms with Crippen molar-refractivity contribution in [1.29, 1.82) is 10.5 Å². The summed E-state index contributed by atoms with van der Waals surface area (Å²) in [6.07, 6.45) is 3.19. The Morgan fingerprint density at radius 2 is 1.89 bits per heavy atom. The van der Waals surface area contributed by atoms with Crippen LogP contribution in [0.2, 0.25) is 0 Å². The van der Waals surface area contributed by atoms with Gasteiger partial charge in [-0.1, -0.05) is 18.2 Å². The number of nitrogens with two attached hydrogens (primary N) is 1. The normalized spacial score (nSPS) is 12.2. The van der Waals surface area contributed by atoms with Crippen molar-refractivity contribution in [3.63, 3.8) is 0 Å². The molecule has 1 aliphatic heterocycles. The Balaban J connectivity index is 1.83. The van der Waals surface area contributed by atoms with E-state index in [2.05, 4.69) is 17.0 Å². The third-order valence-electron chi connectivity index (χ3n) is 6.90. The van der Waals surface area contributed by atoms with Crippen LogP contribution in [0.3, 0.4) is 0 Å². The number of carbonyl (C=O) groups is 1. The summed E-state index contributed by atoms with van der Waals surface area (Å²) in [6, 6.07) is 15.2. The topological polar surface area (TPSA) is 186 Å². The second-order valence-electron chi connectivity index (χ2n) is 9.39. The van der Waals surface area contributed by atoms with Gasteiger partial charge >= 0.3 is 5.97 Å². The van der Waals surface area contributed by atoms with Gasteiger partial charge in [-0.05, 0) is 49.2 Å². The number of amidine groups is 1. The number of ether oxygens (including phenoxy) is 2. The van der Waals surface area contributed by atoms with Gasteiger partial charge in [0.2, 0.25) is 5.43 Å². The van der Waals surface area contributed by atoms with Gasteiger partial charge in [-0.15, -0.1) is 6.58 Å². The molecular formula is C32H24N6O6. The van der Waals surface area contributed by atoms with Crippen LogP contribution in [0.4, 0.5) is 5.82 Å². The van der Waals surface area contributed by atoms with Crippen LogP contribution >= 0.6 is 0 Å². The van der Waals surface area contributed by atoms with Gasteiger partial charge in [0.05, 0.1) is 30.4 Å². The highest BCUT2D eigenvalue weighted by Gasteiger charge is 2.31. The van der Waals surface area contributed by atoms with Crippen LogP contribution in [0.15, 0.2) is 86.0 Å². The molecule has 0 radical (unpaired) electrons. The standard InChI is InChI=1S/C32H24N6O6/c1-4-7-18-8-6-9-20-27(39)23(16-44-28(18)20)24-21(14-33)30-36-29(35)25(32(41)43-5-2)26(17-10-12-19(42-3)13-11-17)37-38(30)31(40)22(24)15-34/h4,6,8-13,16,37H,1,5,7H2,2-3H3,(H2,35,36). The van der Waals surface area contributed by atoms with E-state index in [1.54, 1.807) is 55.5 Å². The maximum atomic E-state index is 13.9. The van der Waals surface area contributed by atoms with Crippen molar-refractivity contribution in [3.05, 3.63) is 110 Å². The van der Waals surface area contributed by atoms with Crippen molar-refractivity contribution in [2.45, 2.75) is 13.3 Å². The Hall–Kier alpha value is -6.40. The summed E-state index contributed by atoms with van der Waals surface area (Å²) < 4.78 is 17.1. The van der Waals surface area contributed by atoms with Gasteiger partial charge in [-0.3, -0.25) is 15.0 Å². The number of aromatic nitrogens is 1. The molecule has 2 aromatic heterocycles. The number of benzene rings is 2. The molecule has 3 N–H and O–H groups in total. The molecule has 0 spiro atoms. The molecule has 2 aromatic carbocycles. The average Bonchev–Trinajstić information content (AvgIpc) is 3.18. The smallest absolute Gasteiger partial charge is 0.344 e. The summed E-state index contributed by atoms with van der Waals surface area (Å²) in [7, 11) is 1.49. The van der Waals surface area contributed by atoms with E-state index in [1.165, 1.54) is 7.11 Å². The fourth-order valence-corrected chi connectivity index (χ4v) is 4.90. The minimum absolute atomic E-state index is 0.0107. The number of carbonyl (C=O) groups excluding carboxylic acids is 1. The first-order valence-electron chi connectivity index (χ1n) is 13.2. The predicted molar refractivity (Wildman–Crippen MR) is 163 cm³/mol. The minimum atomic E-state index is -0.955. The molecule has 12 heteroatoms. The largest absolute Gasteiger partial charge is 0.497 e. The highest BCUT2D eigenvalue weighted by Crippen LogP contribution is 2.34. The Kier molecular flexibility index (Phi) is 7.83. The Labute approximate surface area is 250 Å². The van der Waals surface area contributed by atoms with Crippen molar-refractivity contribution in [1.82, 2.24) is 4.68 Å². The fourth-order valence-electron chi connectivity index (χ4n) is 4.90. The molecule has 0 atom stereocenters. The van der Waals surface area contributed by atoms with Crippen molar-refractivity contribution in [3.8, 4) is 29.0 Å². The number of para-hydroxylation sites is 1. The molecular weight excluding hydrogens is 564 g/mol. The molecule has 44 heavy (non-hydrogen) atoms. The Bertz CT molecular complexity index is 2120. The number of hydrogen-bond donors (Lipinski definition) is 2. The maximum absolute atomic E-state index is 13.9. The molecule has 5 rings (SSSR count). The van der Waals surface area contributed by atoms with Crippen LogP contribution in [0.25, 0.3) is 27.8 Å². The van der Waals surface area contributed by atoms with Crippen LogP contribution in [0.1, 0.15) is 29.2 Å². The zero-order valence-corrected chi connectivity index (χ0v) is 23.6. The molecule has 0 saturated carbocycles. The van der Waals surface area contributed by atoms with Gasteiger partial charge < -0.3 is 19.6 Å². The van der Waals surface area contributed by atoms with Gasteiger partial charge in [0.15, 0.2) is 5.82 Å². The van der Waals surface area contributed by atoms with E-state index in [4.69, 9.17) is 19.6 Å². The van der Waals surface area contributed by atoms with E-state index in [9.17, 15) is 24.9 Å². The number of allylic oxidation sites excluding steroid dienone is 1. The van der Waals surface area contributed by atoms with E-state index >= 15 is 0 Å². The maximum Gasteiger partial charge on any atom is 0.344 e. The zero-order valence-electron chi connectivity index (χ0n) is 23.6. The number of rotatable bonds is 7. The highest BCUT2D eigenvalue weighted by molar-refractivity contribution is 6.25. The first-order valence-corrected chi connectivity index (χ1v) is 13.2. The van der Waals surface area contributed by atoms with E-state index < -0.39 is 22.5 Å². The van der Waals surface area contributed by atoms with Crippen LogP contribution in [0.5, 0.6) is 5.75 Å². The van der Waals surface area contributed by atoms with Crippen molar-refractivity contribution in [2.75, 3.05) is 19.1 Å². The Morgan fingerprint density at radius 1 is 1.16 bits per heavy atom. The lowest BCUT2D eigenvalue weighted by Crippen LogP contribution is -2.32. The number of esters is 1. The third-order valence-corrected chi connectivity index (χ3v) is 6.90. The monoisotopic (exact) mass is 588 g/mol. The lowest BCUT2D eigenvalue weighted by Gasteiger charge is -2.18. The lowest BCUT2D eigenvalue weighted by molar-refractivity contribution is -0.137. The lowest BCUT2D eigenvalue weighted by atomic mass is 9.96. The Morgan fingerprint density at radius 3 is 2.52 bits per heavy atom. The van der Waals surface area contributed by atoms with Crippen molar-refractivity contribution >= 4 is 34.3 Å². The zero-order chi connectivity index (χ0) is 31.5. The molecule has 1 aliphatic rings. The summed E-state index contributed by atoms with van der Waals surface area (Å²) >= 11 is 0. The number of nitriles is 2. The third kappa shape index (κ3) is 4.76. The molecule has 0 saturated heterocycles. The molecule has 218 valence electrons. The number of fused-ring (bicyclic) bond motifs is 2. The van der Waals surface area contributed by atoms with Crippen molar-refractivity contribution < 1.29 is 18.7 Å². The average molecular weight is 589 g/mol. The molecule has 0 bridgehead atoms. The summed E-state index contributed by atoms with van der Waals surface area (Å²) in [5.41, 5.74) is 7.50. The van der Waals surface area contributed by atoms with Crippen LogP contribution < -0.4 is 26.9 Å². The quantitative estimate of drug-likeness (QED) is 0.239. The number of nitrogens with zero attached hydrogens (tertiary/aromatic N) is 4.